The monoisotopic (exact) mass is 354 g/mol. The Balaban J connectivity index is 2.23. The van der Waals surface area contributed by atoms with Gasteiger partial charge in [0.25, 0.3) is 0 Å². The minimum Gasteiger partial charge on any atom is -0.544 e. The van der Waals surface area contributed by atoms with Gasteiger partial charge < -0.3 is 4.43 Å². The summed E-state index contributed by atoms with van der Waals surface area (Å²) in [5, 5.41) is 0. The van der Waals surface area contributed by atoms with Gasteiger partial charge in [-0.1, -0.05) is 80.3 Å². The van der Waals surface area contributed by atoms with E-state index in [2.05, 4.69) is 99.5 Å². The zero-order valence-corrected chi connectivity index (χ0v) is 17.7. The van der Waals surface area contributed by atoms with Gasteiger partial charge in [-0.25, -0.2) is 0 Å². The molecule has 2 rings (SSSR count). The van der Waals surface area contributed by atoms with Gasteiger partial charge in [0, 0.05) is 13.6 Å². The molecule has 2 aromatic rings. The highest BCUT2D eigenvalue weighted by molar-refractivity contribution is 6.92. The highest BCUT2D eigenvalue weighted by Gasteiger charge is 2.32. The molecule has 0 bridgehead atoms. The van der Waals surface area contributed by atoms with E-state index >= 15 is 0 Å². The minimum atomic E-state index is -1.73. The number of benzene rings is 2. The molecule has 0 aliphatic carbocycles. The first-order valence-corrected chi connectivity index (χ1v) is 15.6. The summed E-state index contributed by atoms with van der Waals surface area (Å²) in [6.07, 6.45) is 3.16. The second-order valence-corrected chi connectivity index (χ2v) is 18.5. The summed E-state index contributed by atoms with van der Waals surface area (Å²) in [6.45, 7) is 12.0. The van der Waals surface area contributed by atoms with Crippen molar-refractivity contribution < 1.29 is 4.43 Å². The average molecular weight is 355 g/mol. The molecule has 128 valence electrons. The Kier molecular flexibility index (Phi) is 6.24. The first-order chi connectivity index (χ1) is 11.3. The molecular formula is C21H30OSi2. The quantitative estimate of drug-likeness (QED) is 0.414. The van der Waals surface area contributed by atoms with Crippen LogP contribution >= 0.6 is 0 Å². The molecule has 0 unspecified atom stereocenters. The van der Waals surface area contributed by atoms with Crippen molar-refractivity contribution >= 4 is 22.2 Å². The molecule has 0 fully saturated rings. The maximum absolute atomic E-state index is 6.66. The summed E-state index contributed by atoms with van der Waals surface area (Å²) >= 11 is 0. The summed E-state index contributed by atoms with van der Waals surface area (Å²) in [4.78, 5) is 0. The van der Waals surface area contributed by atoms with Gasteiger partial charge in [0.2, 0.25) is 8.32 Å². The molecule has 0 aliphatic rings. The lowest BCUT2D eigenvalue weighted by Gasteiger charge is -2.31. The normalized spacial score (nSPS) is 13.0. The topological polar surface area (TPSA) is 9.23 Å². The molecule has 1 nitrogen and oxygen atoms in total. The third-order valence-corrected chi connectivity index (χ3v) is 12.2. The first kappa shape index (κ1) is 18.7. The zero-order chi connectivity index (χ0) is 17.6. The zero-order valence-electron chi connectivity index (χ0n) is 15.7. The van der Waals surface area contributed by atoms with Crippen LogP contribution in [0, 0.1) is 0 Å². The van der Waals surface area contributed by atoms with Crippen LogP contribution in [0.4, 0.5) is 0 Å². The number of allylic oxidation sites excluding steroid dienone is 1. The Labute approximate surface area is 149 Å². The van der Waals surface area contributed by atoms with Crippen LogP contribution in [-0.2, 0) is 10.8 Å². The van der Waals surface area contributed by atoms with Crippen LogP contribution in [0.2, 0.25) is 38.4 Å². The standard InChI is InChI=1S/C21H30OSi2/c1-23(2,3)18-24(4,5)22-21(20-14-10-7-11-15-20)17-16-19-12-8-6-9-13-19/h6-15,17H,16,18H2,1-5H3. The van der Waals surface area contributed by atoms with Crippen molar-refractivity contribution in [1.82, 2.24) is 0 Å². The molecule has 0 radical (unpaired) electrons. The van der Waals surface area contributed by atoms with E-state index < -0.39 is 16.4 Å². The van der Waals surface area contributed by atoms with Crippen LogP contribution in [0.5, 0.6) is 0 Å². The van der Waals surface area contributed by atoms with E-state index in [1.807, 2.05) is 0 Å². The SMILES string of the molecule is C[Si](C)(C)C[Si](C)(C)OC(=CCc1ccccc1)c1ccccc1. The van der Waals surface area contributed by atoms with Gasteiger partial charge in [-0.05, 0) is 36.8 Å². The molecule has 0 N–H and O–H groups in total. The van der Waals surface area contributed by atoms with E-state index in [9.17, 15) is 0 Å². The van der Waals surface area contributed by atoms with E-state index in [1.165, 1.54) is 16.8 Å². The van der Waals surface area contributed by atoms with Gasteiger partial charge >= 0.3 is 0 Å². The van der Waals surface area contributed by atoms with Crippen molar-refractivity contribution in [1.29, 1.82) is 0 Å². The fraction of sp³-hybridized carbons (Fsp3) is 0.333. The van der Waals surface area contributed by atoms with Crippen LogP contribution in [-0.4, -0.2) is 16.4 Å². The Hall–Kier alpha value is -1.59. The smallest absolute Gasteiger partial charge is 0.242 e. The van der Waals surface area contributed by atoms with Crippen LogP contribution in [0.25, 0.3) is 5.76 Å². The summed E-state index contributed by atoms with van der Waals surface area (Å²) < 4.78 is 6.66. The second kappa shape index (κ2) is 7.99. The van der Waals surface area contributed by atoms with Crippen LogP contribution in [0.1, 0.15) is 11.1 Å². The Morgan fingerprint density at radius 1 is 0.833 bits per heavy atom. The van der Waals surface area contributed by atoms with Gasteiger partial charge in [0.15, 0.2) is 0 Å². The van der Waals surface area contributed by atoms with Crippen molar-refractivity contribution in [2.24, 2.45) is 0 Å². The van der Waals surface area contributed by atoms with Gasteiger partial charge in [0.1, 0.15) is 5.76 Å². The summed E-state index contributed by atoms with van der Waals surface area (Å²) in [7, 11) is -2.87. The van der Waals surface area contributed by atoms with Gasteiger partial charge in [-0.2, -0.15) is 0 Å². The number of hydrogen-bond acceptors (Lipinski definition) is 1. The van der Waals surface area contributed by atoms with Gasteiger partial charge in [-0.15, -0.1) is 0 Å². The molecule has 24 heavy (non-hydrogen) atoms. The van der Waals surface area contributed by atoms with E-state index in [1.54, 1.807) is 0 Å². The lowest BCUT2D eigenvalue weighted by atomic mass is 10.1. The van der Waals surface area contributed by atoms with E-state index in [0.29, 0.717) is 0 Å². The highest BCUT2D eigenvalue weighted by atomic mass is 28.4. The summed E-state index contributed by atoms with van der Waals surface area (Å²) in [6, 6.07) is 21.1. The van der Waals surface area contributed by atoms with Crippen LogP contribution < -0.4 is 0 Å². The van der Waals surface area contributed by atoms with Crippen molar-refractivity contribution in [2.45, 2.75) is 44.8 Å². The predicted octanol–water partition coefficient (Wildman–Crippen LogP) is 6.37. The molecule has 0 aliphatic heterocycles. The first-order valence-electron chi connectivity index (χ1n) is 8.74. The van der Waals surface area contributed by atoms with Crippen LogP contribution in [0.15, 0.2) is 66.7 Å². The third kappa shape index (κ3) is 6.50. The lowest BCUT2D eigenvalue weighted by Crippen LogP contribution is -2.39. The largest absolute Gasteiger partial charge is 0.544 e. The molecular weight excluding hydrogens is 324 g/mol. The van der Waals surface area contributed by atoms with Crippen molar-refractivity contribution in [2.75, 3.05) is 0 Å². The fourth-order valence-electron chi connectivity index (χ4n) is 3.26. The second-order valence-electron chi connectivity index (χ2n) is 8.22. The molecule has 0 heterocycles. The van der Waals surface area contributed by atoms with Gasteiger partial charge in [0.05, 0.1) is 0 Å². The molecule has 3 heteroatoms. The fourth-order valence-corrected chi connectivity index (χ4v) is 14.6. The summed E-state index contributed by atoms with van der Waals surface area (Å²) in [5.74, 6) is 1.05. The summed E-state index contributed by atoms with van der Waals surface area (Å²) in [5.41, 5.74) is 3.78. The average Bonchev–Trinajstić information content (AvgIpc) is 2.51. The highest BCUT2D eigenvalue weighted by Crippen LogP contribution is 2.27. The minimum absolute atomic E-state index is 0.905. The van der Waals surface area contributed by atoms with Crippen LogP contribution in [0.3, 0.4) is 0 Å². The van der Waals surface area contributed by atoms with E-state index in [4.69, 9.17) is 4.43 Å². The Morgan fingerprint density at radius 3 is 1.92 bits per heavy atom. The van der Waals surface area contributed by atoms with E-state index in [0.717, 1.165) is 12.2 Å². The van der Waals surface area contributed by atoms with E-state index in [-0.39, 0.29) is 0 Å². The maximum atomic E-state index is 6.66. The molecule has 0 aromatic heterocycles. The predicted molar refractivity (Wildman–Crippen MR) is 111 cm³/mol. The van der Waals surface area contributed by atoms with Gasteiger partial charge in [-0.3, -0.25) is 0 Å². The molecule has 0 spiro atoms. The number of rotatable bonds is 7. The molecule has 0 saturated heterocycles. The van der Waals surface area contributed by atoms with Crippen molar-refractivity contribution in [3.63, 3.8) is 0 Å². The van der Waals surface area contributed by atoms with Crippen molar-refractivity contribution in [3.8, 4) is 0 Å². The third-order valence-electron chi connectivity index (χ3n) is 3.77. The molecule has 2 aromatic carbocycles. The van der Waals surface area contributed by atoms with Crippen molar-refractivity contribution in [3.05, 3.63) is 77.9 Å². The lowest BCUT2D eigenvalue weighted by molar-refractivity contribution is 0.509. The Morgan fingerprint density at radius 2 is 1.38 bits per heavy atom. The maximum Gasteiger partial charge on any atom is 0.242 e. The Bertz CT molecular complexity index is 655. The molecule has 0 amide bonds. The molecule has 0 saturated carbocycles. The molecule has 0 atom stereocenters. The number of hydrogen-bond donors (Lipinski definition) is 0.